The van der Waals surface area contributed by atoms with Gasteiger partial charge in [0.2, 0.25) is 5.43 Å². The zero-order chi connectivity index (χ0) is 24.1. The SMILES string of the molecule is Cc1cc(=O)c(C(=O)Nc2ccccc2OCC2CCCCO2)nn1-c1ccccc1[N+](=O)[O-]. The van der Waals surface area contributed by atoms with Crippen molar-refractivity contribution in [1.29, 1.82) is 0 Å². The van der Waals surface area contributed by atoms with Crippen LogP contribution in [0.25, 0.3) is 5.69 Å². The van der Waals surface area contributed by atoms with Gasteiger partial charge in [0, 0.05) is 24.4 Å². The Hall–Kier alpha value is -4.05. The van der Waals surface area contributed by atoms with Crippen LogP contribution in [-0.2, 0) is 4.74 Å². The molecule has 34 heavy (non-hydrogen) atoms. The number of benzene rings is 2. The molecule has 1 fully saturated rings. The van der Waals surface area contributed by atoms with E-state index in [0.29, 0.717) is 30.3 Å². The van der Waals surface area contributed by atoms with E-state index in [0.717, 1.165) is 19.3 Å². The van der Waals surface area contributed by atoms with E-state index >= 15 is 0 Å². The standard InChI is InChI=1S/C24H24N4O6/c1-16-14-21(29)23(26-27(16)19-10-3-4-11-20(19)28(31)32)24(30)25-18-9-2-5-12-22(18)34-15-17-8-6-7-13-33-17/h2-5,9-12,14,17H,6-8,13,15H2,1H3,(H,25,30). The van der Waals surface area contributed by atoms with Crippen LogP contribution in [0.1, 0.15) is 35.4 Å². The number of hydrogen-bond acceptors (Lipinski definition) is 7. The van der Waals surface area contributed by atoms with Gasteiger partial charge in [0.25, 0.3) is 11.6 Å². The molecule has 0 saturated carbocycles. The molecule has 0 aliphatic carbocycles. The van der Waals surface area contributed by atoms with Gasteiger partial charge in [0.05, 0.1) is 16.7 Å². The average Bonchev–Trinajstić information content (AvgIpc) is 2.84. The minimum Gasteiger partial charge on any atom is -0.489 e. The molecular weight excluding hydrogens is 440 g/mol. The normalized spacial score (nSPS) is 15.5. The van der Waals surface area contributed by atoms with E-state index in [2.05, 4.69) is 10.4 Å². The number of aromatic nitrogens is 2. The summed E-state index contributed by atoms with van der Waals surface area (Å²) in [5.74, 6) is -0.307. The van der Waals surface area contributed by atoms with Crippen molar-refractivity contribution in [2.24, 2.45) is 0 Å². The smallest absolute Gasteiger partial charge is 0.294 e. The number of nitro benzene ring substituents is 1. The van der Waals surface area contributed by atoms with Crippen LogP contribution in [0, 0.1) is 17.0 Å². The van der Waals surface area contributed by atoms with Gasteiger partial charge in [-0.25, -0.2) is 4.68 Å². The van der Waals surface area contributed by atoms with Crippen molar-refractivity contribution in [3.63, 3.8) is 0 Å². The van der Waals surface area contributed by atoms with E-state index < -0.39 is 22.0 Å². The van der Waals surface area contributed by atoms with E-state index in [1.54, 1.807) is 37.3 Å². The van der Waals surface area contributed by atoms with E-state index in [9.17, 15) is 19.7 Å². The van der Waals surface area contributed by atoms with E-state index in [1.807, 2.05) is 0 Å². The largest absolute Gasteiger partial charge is 0.489 e. The topological polar surface area (TPSA) is 126 Å². The second-order valence-corrected chi connectivity index (χ2v) is 7.91. The van der Waals surface area contributed by atoms with Crippen LogP contribution in [0.5, 0.6) is 5.75 Å². The molecule has 1 amide bonds. The number of anilines is 1. The third-order valence-corrected chi connectivity index (χ3v) is 5.46. The summed E-state index contributed by atoms with van der Waals surface area (Å²) in [5, 5.41) is 18.3. The summed E-state index contributed by atoms with van der Waals surface area (Å²) < 4.78 is 12.8. The van der Waals surface area contributed by atoms with Gasteiger partial charge in [-0.3, -0.25) is 19.7 Å². The summed E-state index contributed by atoms with van der Waals surface area (Å²) in [7, 11) is 0. The second-order valence-electron chi connectivity index (χ2n) is 7.91. The van der Waals surface area contributed by atoms with Crippen molar-refractivity contribution in [3.8, 4) is 11.4 Å². The monoisotopic (exact) mass is 464 g/mol. The van der Waals surface area contributed by atoms with E-state index in [4.69, 9.17) is 9.47 Å². The number of para-hydroxylation sites is 4. The first-order valence-corrected chi connectivity index (χ1v) is 10.9. The van der Waals surface area contributed by atoms with Crippen molar-refractivity contribution in [2.45, 2.75) is 32.3 Å². The second kappa shape index (κ2) is 10.3. The Morgan fingerprint density at radius 2 is 2.00 bits per heavy atom. The molecule has 1 unspecified atom stereocenters. The molecule has 2 heterocycles. The maximum absolute atomic E-state index is 13.0. The Bertz CT molecular complexity index is 1270. The Labute approximate surface area is 195 Å². The summed E-state index contributed by atoms with van der Waals surface area (Å²) in [6.07, 6.45) is 3.02. The minimum absolute atomic E-state index is 0.00913. The van der Waals surface area contributed by atoms with Gasteiger partial charge in [-0.2, -0.15) is 5.10 Å². The highest BCUT2D eigenvalue weighted by molar-refractivity contribution is 6.03. The van der Waals surface area contributed by atoms with E-state index in [-0.39, 0.29) is 17.5 Å². The van der Waals surface area contributed by atoms with Crippen LogP contribution in [0.3, 0.4) is 0 Å². The molecule has 176 valence electrons. The highest BCUT2D eigenvalue weighted by atomic mass is 16.6. The number of ether oxygens (including phenoxy) is 2. The summed E-state index contributed by atoms with van der Waals surface area (Å²) >= 11 is 0. The highest BCUT2D eigenvalue weighted by Crippen LogP contribution is 2.26. The number of rotatable bonds is 7. The molecule has 0 bridgehead atoms. The van der Waals surface area contributed by atoms with Crippen molar-refractivity contribution in [1.82, 2.24) is 9.78 Å². The number of nitro groups is 1. The summed E-state index contributed by atoms with van der Waals surface area (Å²) in [5.41, 5.74) is -0.311. The first-order chi connectivity index (χ1) is 16.4. The fourth-order valence-electron chi connectivity index (χ4n) is 3.75. The summed E-state index contributed by atoms with van der Waals surface area (Å²) in [6, 6.07) is 14.1. The minimum atomic E-state index is -0.748. The Kier molecular flexibility index (Phi) is 6.98. The van der Waals surface area contributed by atoms with Gasteiger partial charge < -0.3 is 14.8 Å². The first-order valence-electron chi connectivity index (χ1n) is 10.9. The lowest BCUT2D eigenvalue weighted by Crippen LogP contribution is -2.28. The number of carbonyl (C=O) groups excluding carboxylic acids is 1. The Morgan fingerprint density at radius 3 is 2.76 bits per heavy atom. The zero-order valence-corrected chi connectivity index (χ0v) is 18.6. The fourth-order valence-corrected chi connectivity index (χ4v) is 3.75. The molecule has 2 aromatic carbocycles. The van der Waals surface area contributed by atoms with Crippen molar-refractivity contribution in [2.75, 3.05) is 18.5 Å². The number of hydrogen-bond donors (Lipinski definition) is 1. The first kappa shape index (κ1) is 23.1. The molecule has 0 radical (unpaired) electrons. The van der Waals surface area contributed by atoms with E-state index in [1.165, 1.54) is 28.9 Å². The van der Waals surface area contributed by atoms with Crippen LogP contribution in [0.15, 0.2) is 59.4 Å². The molecule has 1 saturated heterocycles. The molecule has 1 aromatic heterocycles. The number of nitrogens with zero attached hydrogens (tertiary/aromatic N) is 3. The molecule has 0 spiro atoms. The Balaban J connectivity index is 1.59. The van der Waals surface area contributed by atoms with Gasteiger partial charge in [0.15, 0.2) is 5.69 Å². The number of carbonyl (C=O) groups is 1. The average molecular weight is 464 g/mol. The fraction of sp³-hybridized carbons (Fsp3) is 0.292. The number of aryl methyl sites for hydroxylation is 1. The third kappa shape index (κ3) is 5.12. The lowest BCUT2D eigenvalue weighted by Gasteiger charge is -2.23. The molecule has 1 N–H and O–H groups in total. The van der Waals surface area contributed by atoms with Crippen LogP contribution in [-0.4, -0.2) is 39.9 Å². The van der Waals surface area contributed by atoms with Crippen LogP contribution in [0.2, 0.25) is 0 Å². The molecule has 3 aromatic rings. The summed E-state index contributed by atoms with van der Waals surface area (Å²) in [4.78, 5) is 36.5. The quantitative estimate of drug-likeness (QED) is 0.418. The molecule has 10 heteroatoms. The predicted octanol–water partition coefficient (Wildman–Crippen LogP) is 3.65. The lowest BCUT2D eigenvalue weighted by atomic mass is 10.1. The van der Waals surface area contributed by atoms with Gasteiger partial charge >= 0.3 is 0 Å². The maximum Gasteiger partial charge on any atom is 0.294 e. The molecular formula is C24H24N4O6. The van der Waals surface area contributed by atoms with Gasteiger partial charge in [0.1, 0.15) is 18.0 Å². The van der Waals surface area contributed by atoms with Crippen molar-refractivity contribution in [3.05, 3.63) is 86.3 Å². The molecule has 10 nitrogen and oxygen atoms in total. The molecule has 1 aliphatic rings. The maximum atomic E-state index is 13.0. The predicted molar refractivity (Wildman–Crippen MR) is 125 cm³/mol. The Morgan fingerprint density at radius 1 is 1.24 bits per heavy atom. The molecule has 1 aliphatic heterocycles. The van der Waals surface area contributed by atoms with Crippen LogP contribution in [0.4, 0.5) is 11.4 Å². The summed E-state index contributed by atoms with van der Waals surface area (Å²) in [6.45, 7) is 2.64. The number of nitrogens with one attached hydrogen (secondary N) is 1. The number of amides is 1. The van der Waals surface area contributed by atoms with Crippen LogP contribution >= 0.6 is 0 Å². The highest BCUT2D eigenvalue weighted by Gasteiger charge is 2.21. The van der Waals surface area contributed by atoms with Gasteiger partial charge in [-0.1, -0.05) is 24.3 Å². The zero-order valence-electron chi connectivity index (χ0n) is 18.6. The third-order valence-electron chi connectivity index (χ3n) is 5.46. The van der Waals surface area contributed by atoms with Crippen molar-refractivity contribution < 1.29 is 19.2 Å². The molecule has 4 rings (SSSR count). The molecule has 1 atom stereocenters. The lowest BCUT2D eigenvalue weighted by molar-refractivity contribution is -0.384. The van der Waals surface area contributed by atoms with Crippen molar-refractivity contribution >= 4 is 17.3 Å². The van der Waals surface area contributed by atoms with Gasteiger partial charge in [-0.15, -0.1) is 0 Å². The van der Waals surface area contributed by atoms with Crippen LogP contribution < -0.4 is 15.5 Å². The van der Waals surface area contributed by atoms with Gasteiger partial charge in [-0.05, 0) is 44.4 Å².